The Morgan fingerprint density at radius 2 is 1.19 bits per heavy atom. The standard InChI is InChI=1S/C47H50N4O6/c52-35-11-14-40-31(24-35)23-32(28-57-40)41-36-12-13-37-42(46(55)50(44(37)53)33-15-19-48(20-16-33)26-29-7-3-1-4-8-29)38(36)25-39-43(41)47(56)51(45(39)54)34-17-21-49(22-18-34)27-30-9-5-2-6-10-30/h1-12,14,24,28,33-34,37-39,41-43,52H,13,15-23,25-27H2. The summed E-state index contributed by atoms with van der Waals surface area (Å²) in [5.41, 5.74) is 5.19. The molecule has 1 N–H and O–H groups in total. The monoisotopic (exact) mass is 766 g/mol. The van der Waals surface area contributed by atoms with Crippen molar-refractivity contribution < 1.29 is 29.0 Å². The van der Waals surface area contributed by atoms with Crippen molar-refractivity contribution in [3.63, 3.8) is 0 Å². The zero-order chi connectivity index (χ0) is 38.8. The number of phenolic OH excluding ortho intramolecular Hbond substituents is 1. The quantitative estimate of drug-likeness (QED) is 0.241. The second-order valence-corrected chi connectivity index (χ2v) is 17.4. The molecule has 6 atom stereocenters. The van der Waals surface area contributed by atoms with Crippen LogP contribution in [0.1, 0.15) is 55.2 Å². The first-order chi connectivity index (χ1) is 27.8. The molecule has 0 aromatic heterocycles. The number of piperidine rings is 2. The summed E-state index contributed by atoms with van der Waals surface area (Å²) in [4.78, 5) is 66.5. The molecule has 57 heavy (non-hydrogen) atoms. The minimum atomic E-state index is -0.607. The fourth-order valence-corrected chi connectivity index (χ4v) is 11.5. The first-order valence-electron chi connectivity index (χ1n) is 21.0. The average Bonchev–Trinajstić information content (AvgIpc) is 3.64. The van der Waals surface area contributed by atoms with E-state index in [0.29, 0.717) is 25.0 Å². The van der Waals surface area contributed by atoms with Crippen LogP contribution in [0.5, 0.6) is 11.5 Å². The van der Waals surface area contributed by atoms with Crippen LogP contribution >= 0.6 is 0 Å². The zero-order valence-corrected chi connectivity index (χ0v) is 32.2. The number of carbonyl (C=O) groups is 4. The van der Waals surface area contributed by atoms with Crippen molar-refractivity contribution in [2.45, 2.75) is 70.1 Å². The van der Waals surface area contributed by atoms with E-state index < -0.39 is 29.6 Å². The van der Waals surface area contributed by atoms with Crippen LogP contribution in [-0.2, 0) is 38.7 Å². The lowest BCUT2D eigenvalue weighted by Gasteiger charge is -2.45. The summed E-state index contributed by atoms with van der Waals surface area (Å²) < 4.78 is 6.16. The van der Waals surface area contributed by atoms with Crippen LogP contribution in [0.25, 0.3) is 0 Å². The number of hydrogen-bond donors (Lipinski definition) is 1. The lowest BCUT2D eigenvalue weighted by Crippen LogP contribution is -2.48. The number of fused-ring (bicyclic) bond motifs is 5. The topological polar surface area (TPSA) is 111 Å². The summed E-state index contributed by atoms with van der Waals surface area (Å²) >= 11 is 0. The van der Waals surface area contributed by atoms with Crippen LogP contribution in [0, 0.1) is 35.5 Å². The molecule has 4 amide bonds. The maximum absolute atomic E-state index is 14.8. The fourth-order valence-electron chi connectivity index (χ4n) is 11.5. The van der Waals surface area contributed by atoms with Gasteiger partial charge in [0.25, 0.3) is 0 Å². The van der Waals surface area contributed by atoms with Gasteiger partial charge in [-0.2, -0.15) is 0 Å². The van der Waals surface area contributed by atoms with Gasteiger partial charge in [0.2, 0.25) is 23.6 Å². The highest BCUT2D eigenvalue weighted by Crippen LogP contribution is 2.58. The normalized spacial score (nSPS) is 29.7. The predicted molar refractivity (Wildman–Crippen MR) is 212 cm³/mol. The Morgan fingerprint density at radius 1 is 0.632 bits per heavy atom. The number of phenols is 1. The fraction of sp³-hybridized carbons (Fsp3) is 0.447. The molecule has 5 heterocycles. The molecule has 7 aliphatic rings. The van der Waals surface area contributed by atoms with E-state index in [2.05, 4.69) is 52.3 Å². The molecule has 3 aromatic rings. The molecular formula is C47H50N4O6. The van der Waals surface area contributed by atoms with Gasteiger partial charge in [-0.25, -0.2) is 0 Å². The number of likely N-dealkylation sites (tertiary alicyclic amines) is 4. The van der Waals surface area contributed by atoms with Crippen molar-refractivity contribution in [3.8, 4) is 11.5 Å². The molecule has 4 saturated heterocycles. The second kappa shape index (κ2) is 14.7. The number of allylic oxidation sites excluding steroid dienone is 3. The molecule has 10 rings (SSSR count). The van der Waals surface area contributed by atoms with Crippen molar-refractivity contribution in [2.75, 3.05) is 26.2 Å². The Hall–Kier alpha value is -5.06. The largest absolute Gasteiger partial charge is 0.508 e. The van der Waals surface area contributed by atoms with Crippen molar-refractivity contribution >= 4 is 23.6 Å². The highest BCUT2D eigenvalue weighted by Gasteiger charge is 2.63. The Balaban J connectivity index is 0.915. The van der Waals surface area contributed by atoms with E-state index in [0.717, 1.165) is 81.7 Å². The number of rotatable bonds is 7. The summed E-state index contributed by atoms with van der Waals surface area (Å²) in [6, 6.07) is 25.5. The summed E-state index contributed by atoms with van der Waals surface area (Å²) in [5.74, 6) is -2.64. The molecule has 5 aliphatic heterocycles. The highest BCUT2D eigenvalue weighted by atomic mass is 16.5. The van der Waals surface area contributed by atoms with Gasteiger partial charge in [0.15, 0.2) is 0 Å². The van der Waals surface area contributed by atoms with Gasteiger partial charge >= 0.3 is 0 Å². The van der Waals surface area contributed by atoms with Crippen LogP contribution in [-0.4, -0.2) is 86.6 Å². The minimum absolute atomic E-state index is 0.0807. The van der Waals surface area contributed by atoms with Crippen LogP contribution in [0.15, 0.2) is 102 Å². The number of hydrogen-bond acceptors (Lipinski definition) is 8. The Morgan fingerprint density at radius 3 is 1.79 bits per heavy atom. The molecule has 10 nitrogen and oxygen atoms in total. The van der Waals surface area contributed by atoms with Crippen molar-refractivity contribution in [3.05, 3.63) is 119 Å². The first-order valence-corrected chi connectivity index (χ1v) is 21.0. The third-order valence-corrected chi connectivity index (χ3v) is 14.2. The first kappa shape index (κ1) is 36.3. The van der Waals surface area contributed by atoms with Crippen molar-refractivity contribution in [2.24, 2.45) is 35.5 Å². The van der Waals surface area contributed by atoms with Crippen LogP contribution < -0.4 is 4.74 Å². The smallest absolute Gasteiger partial charge is 0.234 e. The third kappa shape index (κ3) is 6.41. The Kier molecular flexibility index (Phi) is 9.36. The number of amides is 4. The molecule has 2 aliphatic carbocycles. The molecular weight excluding hydrogens is 717 g/mol. The molecule has 0 bridgehead atoms. The van der Waals surface area contributed by atoms with E-state index in [1.54, 1.807) is 34.3 Å². The summed E-state index contributed by atoms with van der Waals surface area (Å²) in [6.45, 7) is 4.90. The number of nitrogens with zero attached hydrogens (tertiary/aromatic N) is 4. The lowest BCUT2D eigenvalue weighted by atomic mass is 9.56. The summed E-state index contributed by atoms with van der Waals surface area (Å²) in [7, 11) is 0. The van der Waals surface area contributed by atoms with Crippen LogP contribution in [0.2, 0.25) is 0 Å². The van der Waals surface area contributed by atoms with E-state index in [1.165, 1.54) is 11.1 Å². The molecule has 3 aromatic carbocycles. The third-order valence-electron chi connectivity index (χ3n) is 14.2. The molecule has 6 unspecified atom stereocenters. The average molecular weight is 767 g/mol. The van der Waals surface area contributed by atoms with Gasteiger partial charge in [-0.1, -0.05) is 72.3 Å². The van der Waals surface area contributed by atoms with E-state index in [4.69, 9.17) is 4.74 Å². The van der Waals surface area contributed by atoms with Gasteiger partial charge < -0.3 is 9.84 Å². The van der Waals surface area contributed by atoms with E-state index in [1.807, 2.05) is 24.3 Å². The Labute approximate surface area is 333 Å². The molecule has 10 heteroatoms. The SMILES string of the molecule is O=C1C2CC=C3C(CC4C(=O)N(C5CCN(Cc6ccccc6)CC5)C(=O)C4C3C3=COc4ccc(O)cc4C3)C2C(=O)N1C1CCN(Cc2ccccc2)CC1. The molecule has 0 radical (unpaired) electrons. The van der Waals surface area contributed by atoms with Gasteiger partial charge in [-0.05, 0) is 79.3 Å². The van der Waals surface area contributed by atoms with Crippen LogP contribution in [0.3, 0.4) is 0 Å². The maximum atomic E-state index is 14.8. The zero-order valence-electron chi connectivity index (χ0n) is 32.2. The minimum Gasteiger partial charge on any atom is -0.508 e. The molecule has 0 spiro atoms. The number of ether oxygens (including phenoxy) is 1. The number of imide groups is 2. The highest BCUT2D eigenvalue weighted by molar-refractivity contribution is 6.08. The predicted octanol–water partition coefficient (Wildman–Crippen LogP) is 5.71. The van der Waals surface area contributed by atoms with E-state index in [9.17, 15) is 24.3 Å². The van der Waals surface area contributed by atoms with Crippen LogP contribution in [0.4, 0.5) is 0 Å². The Bertz CT molecular complexity index is 2140. The molecule has 5 fully saturated rings. The lowest BCUT2D eigenvalue weighted by molar-refractivity contribution is -0.146. The van der Waals surface area contributed by atoms with Crippen molar-refractivity contribution in [1.82, 2.24) is 19.6 Å². The van der Waals surface area contributed by atoms with Gasteiger partial charge in [0.05, 0.1) is 29.9 Å². The summed E-state index contributed by atoms with van der Waals surface area (Å²) in [6.07, 6.45) is 8.06. The molecule has 294 valence electrons. The van der Waals surface area contributed by atoms with Gasteiger partial charge in [-0.3, -0.25) is 38.8 Å². The van der Waals surface area contributed by atoms with E-state index in [-0.39, 0.29) is 47.4 Å². The van der Waals surface area contributed by atoms with E-state index >= 15 is 0 Å². The maximum Gasteiger partial charge on any atom is 0.234 e. The number of benzene rings is 3. The second-order valence-electron chi connectivity index (χ2n) is 17.4. The molecule has 1 saturated carbocycles. The number of carbonyl (C=O) groups excluding carboxylic acids is 4. The van der Waals surface area contributed by atoms with Crippen molar-refractivity contribution in [1.29, 1.82) is 0 Å². The van der Waals surface area contributed by atoms with Gasteiger partial charge in [0.1, 0.15) is 11.5 Å². The number of aromatic hydroxyl groups is 1. The van der Waals surface area contributed by atoms with Gasteiger partial charge in [-0.15, -0.1) is 0 Å². The summed E-state index contributed by atoms with van der Waals surface area (Å²) in [5, 5.41) is 10.4. The van der Waals surface area contributed by atoms with Gasteiger partial charge in [0, 0.05) is 69.3 Å².